The van der Waals surface area contributed by atoms with Crippen LogP contribution in [-0.4, -0.2) is 29.1 Å². The molecule has 1 heterocycles. The number of rotatable bonds is 1. The van der Waals surface area contributed by atoms with Gasteiger partial charge in [-0.15, -0.1) is 0 Å². The molecule has 3 rings (SSSR count). The average molecular weight is 247 g/mol. The molecule has 0 unspecified atom stereocenters. The van der Waals surface area contributed by atoms with Gasteiger partial charge in [0.2, 0.25) is 0 Å². The molecule has 0 aromatic heterocycles. The van der Waals surface area contributed by atoms with Crippen LogP contribution in [0.2, 0.25) is 0 Å². The lowest BCUT2D eigenvalue weighted by atomic mass is 9.90. The quantitative estimate of drug-likeness (QED) is 0.817. The molecule has 1 aromatic rings. The topological polar surface area (TPSA) is 23.5 Å². The number of phenols is 1. The summed E-state index contributed by atoms with van der Waals surface area (Å²) in [4.78, 5) is 2.70. The number of likely N-dealkylation sites (tertiary alicyclic amines) is 1. The molecule has 2 heteroatoms. The van der Waals surface area contributed by atoms with Gasteiger partial charge in [0.25, 0.3) is 0 Å². The van der Waals surface area contributed by atoms with E-state index in [1.54, 1.807) is 12.1 Å². The van der Waals surface area contributed by atoms with Gasteiger partial charge in [-0.05, 0) is 57.8 Å². The lowest BCUT2D eigenvalue weighted by molar-refractivity contribution is 0.105. The van der Waals surface area contributed by atoms with Crippen molar-refractivity contribution in [2.45, 2.75) is 51.5 Å². The van der Waals surface area contributed by atoms with Crippen molar-refractivity contribution in [1.29, 1.82) is 0 Å². The number of hydrogen-bond acceptors (Lipinski definition) is 2. The summed E-state index contributed by atoms with van der Waals surface area (Å²) in [5, 5.41) is 8.76. The fraction of sp³-hybridized carbons (Fsp3) is 0.625. The maximum atomic E-state index is 8.76. The molecule has 0 spiro atoms. The average Bonchev–Trinajstić information content (AvgIpc) is 2.33. The first-order valence-electron chi connectivity index (χ1n) is 7.25. The fourth-order valence-corrected chi connectivity index (χ4v) is 2.58. The Balaban J connectivity index is 0.000000138. The van der Waals surface area contributed by atoms with Crippen LogP contribution in [0, 0.1) is 6.92 Å². The van der Waals surface area contributed by atoms with Crippen LogP contribution in [0.15, 0.2) is 24.3 Å². The molecule has 2 fully saturated rings. The molecule has 0 bridgehead atoms. The minimum absolute atomic E-state index is 0.329. The molecule has 0 atom stereocenters. The van der Waals surface area contributed by atoms with E-state index in [4.69, 9.17) is 5.11 Å². The third-order valence-corrected chi connectivity index (χ3v) is 4.02. The first kappa shape index (κ1) is 13.4. The Morgan fingerprint density at radius 3 is 2.00 bits per heavy atom. The summed E-state index contributed by atoms with van der Waals surface area (Å²) in [6.45, 7) is 4.77. The van der Waals surface area contributed by atoms with E-state index < -0.39 is 0 Å². The van der Waals surface area contributed by atoms with Gasteiger partial charge in [0, 0.05) is 6.04 Å². The van der Waals surface area contributed by atoms with Crippen molar-refractivity contribution in [2.24, 2.45) is 0 Å². The van der Waals surface area contributed by atoms with Crippen LogP contribution in [-0.2, 0) is 0 Å². The van der Waals surface area contributed by atoms with Crippen molar-refractivity contribution < 1.29 is 5.11 Å². The van der Waals surface area contributed by atoms with E-state index in [1.807, 2.05) is 19.1 Å². The van der Waals surface area contributed by atoms with Gasteiger partial charge in [0.1, 0.15) is 5.75 Å². The van der Waals surface area contributed by atoms with Crippen LogP contribution >= 0.6 is 0 Å². The van der Waals surface area contributed by atoms with Gasteiger partial charge in [0.05, 0.1) is 0 Å². The van der Waals surface area contributed by atoms with Crippen molar-refractivity contribution in [1.82, 2.24) is 4.90 Å². The molecule has 100 valence electrons. The Morgan fingerprint density at radius 1 is 0.944 bits per heavy atom. The molecule has 1 aliphatic heterocycles. The monoisotopic (exact) mass is 247 g/mol. The van der Waals surface area contributed by atoms with Gasteiger partial charge < -0.3 is 10.0 Å². The predicted octanol–water partition coefficient (Wildman–Crippen LogP) is 3.73. The summed E-state index contributed by atoms with van der Waals surface area (Å²) in [6.07, 6.45) is 8.84. The maximum Gasteiger partial charge on any atom is 0.115 e. The van der Waals surface area contributed by atoms with Crippen LogP contribution in [0.5, 0.6) is 5.75 Å². The van der Waals surface area contributed by atoms with Gasteiger partial charge in [-0.1, -0.05) is 30.5 Å². The second kappa shape index (κ2) is 6.79. The summed E-state index contributed by atoms with van der Waals surface area (Å²) in [6, 6.07) is 8.09. The lowest BCUT2D eigenvalue weighted by Gasteiger charge is -2.39. The minimum atomic E-state index is 0.329. The summed E-state index contributed by atoms with van der Waals surface area (Å²) in [5.74, 6) is 0.329. The molecule has 1 saturated carbocycles. The molecule has 1 aromatic carbocycles. The maximum absolute atomic E-state index is 8.76. The molecular formula is C16H25NO. The lowest BCUT2D eigenvalue weighted by Crippen LogP contribution is -2.42. The number of aryl methyl sites for hydroxylation is 1. The molecule has 0 amide bonds. The van der Waals surface area contributed by atoms with Crippen LogP contribution in [0.3, 0.4) is 0 Å². The molecule has 1 N–H and O–H groups in total. The first-order chi connectivity index (χ1) is 8.75. The van der Waals surface area contributed by atoms with Gasteiger partial charge >= 0.3 is 0 Å². The highest BCUT2D eigenvalue weighted by atomic mass is 16.3. The number of phenolic OH excluding ortho intramolecular Hbond substituents is 1. The highest BCUT2D eigenvalue weighted by Gasteiger charge is 2.25. The van der Waals surface area contributed by atoms with Crippen molar-refractivity contribution in [2.75, 3.05) is 13.1 Å². The molecular weight excluding hydrogens is 222 g/mol. The van der Waals surface area contributed by atoms with E-state index in [0.29, 0.717) is 5.75 Å². The predicted molar refractivity (Wildman–Crippen MR) is 75.9 cm³/mol. The van der Waals surface area contributed by atoms with Crippen LogP contribution in [0.1, 0.15) is 44.1 Å². The minimum Gasteiger partial charge on any atom is -0.508 e. The Bertz CT molecular complexity index is 316. The van der Waals surface area contributed by atoms with Crippen LogP contribution in [0.4, 0.5) is 0 Å². The summed E-state index contributed by atoms with van der Waals surface area (Å²) in [5.41, 5.74) is 1.17. The van der Waals surface area contributed by atoms with Gasteiger partial charge in [-0.3, -0.25) is 0 Å². The number of piperidine rings is 1. The molecule has 2 nitrogen and oxygen atoms in total. The van der Waals surface area contributed by atoms with Crippen LogP contribution < -0.4 is 0 Å². The molecule has 18 heavy (non-hydrogen) atoms. The smallest absolute Gasteiger partial charge is 0.115 e. The molecule has 0 radical (unpaired) electrons. The van der Waals surface area contributed by atoms with Gasteiger partial charge in [-0.2, -0.15) is 0 Å². The van der Waals surface area contributed by atoms with E-state index in [0.717, 1.165) is 6.04 Å². The van der Waals surface area contributed by atoms with Crippen molar-refractivity contribution in [3.8, 4) is 5.75 Å². The summed E-state index contributed by atoms with van der Waals surface area (Å²) in [7, 11) is 0. The summed E-state index contributed by atoms with van der Waals surface area (Å²) < 4.78 is 0. The van der Waals surface area contributed by atoms with E-state index in [9.17, 15) is 0 Å². The SMILES string of the molecule is C1CCN(C2CCC2)CC1.Cc1ccc(O)cc1. The van der Waals surface area contributed by atoms with Crippen molar-refractivity contribution >= 4 is 0 Å². The fourth-order valence-electron chi connectivity index (χ4n) is 2.58. The van der Waals surface area contributed by atoms with E-state index >= 15 is 0 Å². The third kappa shape index (κ3) is 4.02. The van der Waals surface area contributed by atoms with E-state index in [1.165, 1.54) is 57.2 Å². The summed E-state index contributed by atoms with van der Waals surface area (Å²) >= 11 is 0. The third-order valence-electron chi connectivity index (χ3n) is 4.02. The Hall–Kier alpha value is -1.02. The van der Waals surface area contributed by atoms with E-state index in [-0.39, 0.29) is 0 Å². The second-order valence-corrected chi connectivity index (χ2v) is 5.52. The number of hydrogen-bond donors (Lipinski definition) is 1. The number of aromatic hydroxyl groups is 1. The zero-order chi connectivity index (χ0) is 12.8. The largest absolute Gasteiger partial charge is 0.508 e. The van der Waals surface area contributed by atoms with E-state index in [2.05, 4.69) is 4.90 Å². The first-order valence-corrected chi connectivity index (χ1v) is 7.25. The Labute approximate surface area is 111 Å². The van der Waals surface area contributed by atoms with Crippen LogP contribution in [0.25, 0.3) is 0 Å². The zero-order valence-electron chi connectivity index (χ0n) is 11.4. The number of benzene rings is 1. The van der Waals surface area contributed by atoms with Gasteiger partial charge in [0.15, 0.2) is 0 Å². The Kier molecular flexibility index (Phi) is 5.06. The van der Waals surface area contributed by atoms with Crippen molar-refractivity contribution in [3.63, 3.8) is 0 Å². The van der Waals surface area contributed by atoms with Crippen molar-refractivity contribution in [3.05, 3.63) is 29.8 Å². The Morgan fingerprint density at radius 2 is 1.56 bits per heavy atom. The molecule has 1 saturated heterocycles. The normalized spacial score (nSPS) is 20.7. The highest BCUT2D eigenvalue weighted by molar-refractivity contribution is 5.24. The number of nitrogens with zero attached hydrogens (tertiary/aromatic N) is 1. The molecule has 2 aliphatic rings. The molecule has 1 aliphatic carbocycles. The zero-order valence-corrected chi connectivity index (χ0v) is 11.4. The van der Waals surface area contributed by atoms with Gasteiger partial charge in [-0.25, -0.2) is 0 Å². The standard InChI is InChI=1S/C9H17N.C7H8O/c1-2-7-10(8-3-1)9-5-4-6-9;1-6-2-4-7(8)5-3-6/h9H,1-8H2;2-5,8H,1H3. The second-order valence-electron chi connectivity index (χ2n) is 5.52. The highest BCUT2D eigenvalue weighted by Crippen LogP contribution is 2.26.